The number of aliphatic hydroxyl groups is 1. The van der Waals surface area contributed by atoms with Crippen LogP contribution < -0.4 is 15.0 Å². The molecule has 0 radical (unpaired) electrons. The molecule has 8 heteroatoms. The fraction of sp³-hybridized carbons (Fsp3) is 0.400. The first-order valence-corrected chi connectivity index (χ1v) is 14.1. The largest absolute Gasteiger partial charge is 0.492 e. The van der Waals surface area contributed by atoms with Gasteiger partial charge in [-0.2, -0.15) is 0 Å². The lowest BCUT2D eigenvalue weighted by Crippen LogP contribution is -2.50. The molecule has 1 aliphatic rings. The molecule has 1 unspecified atom stereocenters. The lowest BCUT2D eigenvalue weighted by molar-refractivity contribution is 0.0848. The summed E-state index contributed by atoms with van der Waals surface area (Å²) in [6, 6.07) is 20.0. The number of benzene rings is 2. The molecule has 0 aliphatic carbocycles. The zero-order chi connectivity index (χ0) is 26.9. The Morgan fingerprint density at radius 1 is 1.05 bits per heavy atom. The summed E-state index contributed by atoms with van der Waals surface area (Å²) in [5, 5.41) is 14.2. The number of rotatable bonds is 11. The number of β-amino-alcohol motifs (C(OH)–C–C–N with tert-alkyl or cyclic N) is 1. The van der Waals surface area contributed by atoms with E-state index in [9.17, 15) is 9.90 Å². The van der Waals surface area contributed by atoms with Crippen LogP contribution in [-0.4, -0.2) is 72.9 Å². The van der Waals surface area contributed by atoms with Crippen LogP contribution in [0.3, 0.4) is 0 Å². The Balaban J connectivity index is 1.26. The number of para-hydroxylation sites is 2. The zero-order valence-electron chi connectivity index (χ0n) is 22.5. The maximum absolute atomic E-state index is 13.0. The van der Waals surface area contributed by atoms with Gasteiger partial charge in [-0.1, -0.05) is 49.9 Å². The van der Waals surface area contributed by atoms with Gasteiger partial charge in [0.2, 0.25) is 0 Å². The highest BCUT2D eigenvalue weighted by Crippen LogP contribution is 2.30. The first-order chi connectivity index (χ1) is 18.4. The number of aliphatic hydroxyl groups excluding tert-OH is 1. The van der Waals surface area contributed by atoms with E-state index < -0.39 is 6.10 Å². The summed E-state index contributed by atoms with van der Waals surface area (Å²) in [6.07, 6.45) is 1.04. The average molecular weight is 535 g/mol. The van der Waals surface area contributed by atoms with Crippen LogP contribution in [0.15, 0.2) is 76.8 Å². The summed E-state index contributed by atoms with van der Waals surface area (Å²) < 4.78 is 5.79. The topological polar surface area (TPSA) is 77.9 Å². The van der Waals surface area contributed by atoms with Gasteiger partial charge >= 0.3 is 0 Å². The number of anilines is 1. The summed E-state index contributed by atoms with van der Waals surface area (Å²) >= 11 is 1.47. The second-order valence-corrected chi connectivity index (χ2v) is 10.8. The highest BCUT2D eigenvalue weighted by Gasteiger charge is 2.22. The number of aromatic nitrogens is 1. The van der Waals surface area contributed by atoms with Crippen molar-refractivity contribution in [1.82, 2.24) is 15.2 Å². The molecule has 2 aromatic carbocycles. The van der Waals surface area contributed by atoms with Gasteiger partial charge in [0.25, 0.3) is 5.91 Å². The van der Waals surface area contributed by atoms with E-state index in [1.807, 2.05) is 25.1 Å². The number of hydrogen-bond donors (Lipinski definition) is 2. The van der Waals surface area contributed by atoms with E-state index >= 15 is 0 Å². The third-order valence-electron chi connectivity index (χ3n) is 6.62. The number of nitrogens with one attached hydrogen (secondary N) is 1. The first kappa shape index (κ1) is 28.0. The molecule has 0 bridgehead atoms. The van der Waals surface area contributed by atoms with Crippen LogP contribution >= 0.6 is 11.8 Å². The van der Waals surface area contributed by atoms with Crippen LogP contribution in [0.25, 0.3) is 0 Å². The summed E-state index contributed by atoms with van der Waals surface area (Å²) in [6.45, 7) is 11.1. The van der Waals surface area contributed by atoms with E-state index in [4.69, 9.17) is 4.74 Å². The van der Waals surface area contributed by atoms with Crippen molar-refractivity contribution in [1.29, 1.82) is 0 Å². The molecular formula is C30H38N4O3S. The van der Waals surface area contributed by atoms with Gasteiger partial charge in [0, 0.05) is 50.4 Å². The minimum atomic E-state index is -0.655. The van der Waals surface area contributed by atoms with Crippen molar-refractivity contribution in [2.45, 2.75) is 42.7 Å². The van der Waals surface area contributed by atoms with Gasteiger partial charge in [-0.3, -0.25) is 9.69 Å². The van der Waals surface area contributed by atoms with Crippen molar-refractivity contribution in [3.05, 3.63) is 78.0 Å². The first-order valence-electron chi connectivity index (χ1n) is 13.3. The highest BCUT2D eigenvalue weighted by molar-refractivity contribution is 7.99. The minimum Gasteiger partial charge on any atom is -0.492 e. The third kappa shape index (κ3) is 7.49. The number of piperazine rings is 1. The fourth-order valence-electron chi connectivity index (χ4n) is 4.51. The lowest BCUT2D eigenvalue weighted by atomic mass is 10.0. The van der Waals surface area contributed by atoms with Crippen LogP contribution in [0.5, 0.6) is 5.75 Å². The molecule has 1 fully saturated rings. The minimum absolute atomic E-state index is 0.189. The molecule has 4 rings (SSSR count). The molecular weight excluding hydrogens is 496 g/mol. The van der Waals surface area contributed by atoms with Gasteiger partial charge in [0.1, 0.15) is 10.8 Å². The van der Waals surface area contributed by atoms with Crippen molar-refractivity contribution >= 4 is 23.4 Å². The molecule has 1 saturated heterocycles. The van der Waals surface area contributed by atoms with Crippen LogP contribution in [-0.2, 0) is 0 Å². The van der Waals surface area contributed by atoms with Crippen LogP contribution in [0.2, 0.25) is 0 Å². The van der Waals surface area contributed by atoms with Gasteiger partial charge in [0.05, 0.1) is 24.0 Å². The lowest BCUT2D eigenvalue weighted by Gasteiger charge is -2.37. The maximum Gasteiger partial charge on any atom is 0.254 e. The number of hydrogen-bond acceptors (Lipinski definition) is 7. The number of amides is 1. The summed E-state index contributed by atoms with van der Waals surface area (Å²) in [5.74, 6) is 1.15. The predicted molar refractivity (Wildman–Crippen MR) is 153 cm³/mol. The number of ether oxygens (including phenoxy) is 1. The SMILES string of the molecule is CCOc1ccccc1N1CCN(CC(O)CNC(=O)c2cccnc2Sc2ccc(C(C)C)cc2)CC1. The van der Waals surface area contributed by atoms with Gasteiger partial charge in [-0.05, 0) is 54.8 Å². The second kappa shape index (κ2) is 13.6. The third-order valence-corrected chi connectivity index (χ3v) is 7.65. The fourth-order valence-corrected chi connectivity index (χ4v) is 5.39. The van der Waals surface area contributed by atoms with Crippen molar-refractivity contribution in [2.75, 3.05) is 50.8 Å². The molecule has 202 valence electrons. The summed E-state index contributed by atoms with van der Waals surface area (Å²) in [7, 11) is 0. The highest BCUT2D eigenvalue weighted by atomic mass is 32.2. The molecule has 1 aliphatic heterocycles. The number of nitrogens with zero attached hydrogens (tertiary/aromatic N) is 3. The number of carbonyl (C=O) groups excluding carboxylic acids is 1. The van der Waals surface area contributed by atoms with Gasteiger partial charge < -0.3 is 20.1 Å². The Bertz CT molecular complexity index is 1180. The van der Waals surface area contributed by atoms with Crippen molar-refractivity contribution in [3.63, 3.8) is 0 Å². The van der Waals surface area contributed by atoms with E-state index in [1.165, 1.54) is 17.3 Å². The molecule has 1 amide bonds. The van der Waals surface area contributed by atoms with E-state index in [0.29, 0.717) is 29.7 Å². The van der Waals surface area contributed by atoms with Crippen LogP contribution in [0.1, 0.15) is 42.6 Å². The smallest absolute Gasteiger partial charge is 0.254 e. The molecule has 7 nitrogen and oxygen atoms in total. The molecule has 0 spiro atoms. The second-order valence-electron chi connectivity index (χ2n) is 9.73. The maximum atomic E-state index is 13.0. The van der Waals surface area contributed by atoms with Crippen LogP contribution in [0, 0.1) is 0 Å². The summed E-state index contributed by atoms with van der Waals surface area (Å²) in [4.78, 5) is 23.0. The van der Waals surface area contributed by atoms with Gasteiger partial charge in [-0.25, -0.2) is 4.98 Å². The Kier molecular flexibility index (Phi) is 10.0. The monoisotopic (exact) mass is 534 g/mol. The summed E-state index contributed by atoms with van der Waals surface area (Å²) in [5.41, 5.74) is 2.90. The van der Waals surface area contributed by atoms with Gasteiger partial charge in [-0.15, -0.1) is 0 Å². The molecule has 38 heavy (non-hydrogen) atoms. The van der Waals surface area contributed by atoms with Crippen LogP contribution in [0.4, 0.5) is 5.69 Å². The van der Waals surface area contributed by atoms with E-state index in [2.05, 4.69) is 64.3 Å². The van der Waals surface area contributed by atoms with E-state index in [-0.39, 0.29) is 12.5 Å². The average Bonchev–Trinajstić information content (AvgIpc) is 2.93. The van der Waals surface area contributed by atoms with Crippen molar-refractivity contribution < 1.29 is 14.6 Å². The normalized spacial score (nSPS) is 14.9. The molecule has 3 aromatic rings. The Morgan fingerprint density at radius 3 is 2.50 bits per heavy atom. The molecule has 2 heterocycles. The van der Waals surface area contributed by atoms with E-state index in [0.717, 1.165) is 42.5 Å². The molecule has 2 N–H and O–H groups in total. The Hall–Kier alpha value is -3.07. The van der Waals surface area contributed by atoms with Crippen molar-refractivity contribution in [3.8, 4) is 5.75 Å². The molecule has 1 atom stereocenters. The number of pyridine rings is 1. The molecule has 1 aromatic heterocycles. The standard InChI is InChI=1S/C30H38N4O3S/c1-4-37-28-10-6-5-9-27(28)34-18-16-33(17-19-34)21-24(35)20-32-29(36)26-8-7-15-31-30(26)38-25-13-11-23(12-14-25)22(2)3/h5-15,22,24,35H,4,16-21H2,1-3H3,(H,32,36). The van der Waals surface area contributed by atoms with Crippen molar-refractivity contribution in [2.24, 2.45) is 0 Å². The zero-order valence-corrected chi connectivity index (χ0v) is 23.3. The number of carbonyl (C=O) groups is 1. The van der Waals surface area contributed by atoms with Gasteiger partial charge in [0.15, 0.2) is 0 Å². The molecule has 0 saturated carbocycles. The quantitative estimate of drug-likeness (QED) is 0.370. The van der Waals surface area contributed by atoms with E-state index in [1.54, 1.807) is 18.3 Å². The Morgan fingerprint density at radius 2 is 1.79 bits per heavy atom. The predicted octanol–water partition coefficient (Wildman–Crippen LogP) is 4.67. The Labute approximate surface area is 230 Å².